The molecule has 3 aromatic heterocycles. The predicted molar refractivity (Wildman–Crippen MR) is 121 cm³/mol. The minimum Gasteiger partial charge on any atom is -0.446 e. The molecule has 9 heteroatoms. The van der Waals surface area contributed by atoms with E-state index in [1.54, 1.807) is 36.3 Å². The summed E-state index contributed by atoms with van der Waals surface area (Å²) in [6.45, 7) is 2.03. The molecule has 0 bridgehead atoms. The van der Waals surface area contributed by atoms with Gasteiger partial charge in [-0.1, -0.05) is 6.92 Å². The molecule has 0 saturated heterocycles. The second kappa shape index (κ2) is 8.50. The van der Waals surface area contributed by atoms with E-state index < -0.39 is 0 Å². The van der Waals surface area contributed by atoms with E-state index in [1.165, 1.54) is 24.0 Å². The van der Waals surface area contributed by atoms with E-state index in [2.05, 4.69) is 25.7 Å². The third kappa shape index (κ3) is 3.97. The van der Waals surface area contributed by atoms with Crippen molar-refractivity contribution in [3.63, 3.8) is 0 Å². The molecule has 0 radical (unpaired) electrons. The highest BCUT2D eigenvalue weighted by Gasteiger charge is 2.26. The first-order chi connectivity index (χ1) is 16.1. The maximum absolute atomic E-state index is 13.4. The zero-order valence-corrected chi connectivity index (χ0v) is 18.3. The number of aromatic nitrogens is 4. The van der Waals surface area contributed by atoms with E-state index in [0.717, 1.165) is 40.7 Å². The summed E-state index contributed by atoms with van der Waals surface area (Å²) in [5.74, 6) is -0.129. The lowest BCUT2D eigenvalue weighted by atomic mass is 10.1. The van der Waals surface area contributed by atoms with Crippen LogP contribution in [0.15, 0.2) is 59.1 Å². The van der Waals surface area contributed by atoms with Gasteiger partial charge in [-0.3, -0.25) is 9.78 Å². The molecule has 1 atom stereocenters. The normalized spacial score (nSPS) is 13.7. The van der Waals surface area contributed by atoms with Crippen molar-refractivity contribution in [2.24, 2.45) is 0 Å². The molecule has 0 aliphatic heterocycles. The number of carbonyl (C=O) groups excluding carboxylic acids is 1. The van der Waals surface area contributed by atoms with Crippen LogP contribution in [0.2, 0.25) is 0 Å². The summed E-state index contributed by atoms with van der Waals surface area (Å²) in [6, 6.07) is 5.98. The number of nitrogens with zero attached hydrogens (tertiary/aromatic N) is 4. The Bertz CT molecular complexity index is 1350. The Morgan fingerprint density at radius 3 is 2.70 bits per heavy atom. The molecule has 1 amide bonds. The number of fused-ring (bicyclic) bond motifs is 1. The smallest absolute Gasteiger partial charge is 0.272 e. The molecule has 33 heavy (non-hydrogen) atoms. The number of oxazole rings is 1. The molecule has 5 rings (SSSR count). The largest absolute Gasteiger partial charge is 0.446 e. The number of amides is 1. The Morgan fingerprint density at radius 2 is 2.00 bits per heavy atom. The molecule has 0 spiro atoms. The lowest BCUT2D eigenvalue weighted by Crippen LogP contribution is -2.21. The van der Waals surface area contributed by atoms with Crippen molar-refractivity contribution in [1.29, 1.82) is 0 Å². The van der Waals surface area contributed by atoms with Crippen LogP contribution >= 0.6 is 0 Å². The SMILES string of the molecule is CCC(NC(=C1CC1)c1cncc2c1cnn2-c1ccc(F)cc1)c1nc(C(=O)NC)co1. The van der Waals surface area contributed by atoms with Crippen LogP contribution in [0, 0.1) is 5.82 Å². The number of nitrogens with one attached hydrogen (secondary N) is 2. The van der Waals surface area contributed by atoms with Gasteiger partial charge in [0.25, 0.3) is 5.91 Å². The topological polar surface area (TPSA) is 97.9 Å². The van der Waals surface area contributed by atoms with Crippen LogP contribution < -0.4 is 10.6 Å². The van der Waals surface area contributed by atoms with Gasteiger partial charge in [-0.15, -0.1) is 0 Å². The number of carbonyl (C=O) groups is 1. The fraction of sp³-hybridized carbons (Fsp3) is 0.250. The highest BCUT2D eigenvalue weighted by Crippen LogP contribution is 2.38. The number of hydrogen-bond donors (Lipinski definition) is 2. The maximum Gasteiger partial charge on any atom is 0.272 e. The van der Waals surface area contributed by atoms with Gasteiger partial charge < -0.3 is 15.1 Å². The zero-order chi connectivity index (χ0) is 22.9. The van der Waals surface area contributed by atoms with Crippen molar-refractivity contribution in [1.82, 2.24) is 30.4 Å². The summed E-state index contributed by atoms with van der Waals surface area (Å²) in [4.78, 5) is 20.7. The number of hydrogen-bond acceptors (Lipinski definition) is 6. The molecule has 1 fully saturated rings. The maximum atomic E-state index is 13.4. The fourth-order valence-corrected chi connectivity index (χ4v) is 3.80. The number of benzene rings is 1. The highest BCUT2D eigenvalue weighted by molar-refractivity contribution is 5.93. The first-order valence-corrected chi connectivity index (χ1v) is 10.8. The lowest BCUT2D eigenvalue weighted by Gasteiger charge is -2.18. The third-order valence-electron chi connectivity index (χ3n) is 5.70. The van der Waals surface area contributed by atoms with Crippen molar-refractivity contribution in [3.8, 4) is 5.69 Å². The van der Waals surface area contributed by atoms with Gasteiger partial charge in [-0.25, -0.2) is 14.1 Å². The molecule has 168 valence electrons. The summed E-state index contributed by atoms with van der Waals surface area (Å²) in [7, 11) is 1.56. The van der Waals surface area contributed by atoms with Crippen LogP contribution in [0.1, 0.15) is 54.2 Å². The monoisotopic (exact) mass is 446 g/mol. The van der Waals surface area contributed by atoms with Gasteiger partial charge in [-0.05, 0) is 49.1 Å². The van der Waals surface area contributed by atoms with Crippen molar-refractivity contribution in [2.45, 2.75) is 32.2 Å². The van der Waals surface area contributed by atoms with Crippen molar-refractivity contribution in [2.75, 3.05) is 7.05 Å². The van der Waals surface area contributed by atoms with Gasteiger partial charge in [0.1, 0.15) is 18.1 Å². The molecular formula is C24H23FN6O2. The Labute approximate surface area is 189 Å². The van der Waals surface area contributed by atoms with Crippen molar-refractivity contribution < 1.29 is 13.6 Å². The van der Waals surface area contributed by atoms with Crippen LogP contribution in [0.25, 0.3) is 22.3 Å². The molecule has 1 aliphatic rings. The minimum atomic E-state index is -0.296. The summed E-state index contributed by atoms with van der Waals surface area (Å²) in [5.41, 5.74) is 5.04. The van der Waals surface area contributed by atoms with Gasteiger partial charge in [-0.2, -0.15) is 5.10 Å². The second-order valence-electron chi connectivity index (χ2n) is 7.89. The zero-order valence-electron chi connectivity index (χ0n) is 18.3. The second-order valence-corrected chi connectivity index (χ2v) is 7.89. The molecule has 8 nitrogen and oxygen atoms in total. The standard InChI is InChI=1S/C24H23FN6O2/c1-3-19(24-30-20(13-33-24)23(32)26-2)29-22(14-4-5-14)18-10-27-12-21-17(18)11-28-31(21)16-8-6-15(25)7-9-16/h6-13,19,29H,3-5H2,1-2H3,(H,26,32). The van der Waals surface area contributed by atoms with Crippen LogP contribution in [0.5, 0.6) is 0 Å². The molecule has 1 unspecified atom stereocenters. The van der Waals surface area contributed by atoms with E-state index in [1.807, 2.05) is 13.1 Å². The van der Waals surface area contributed by atoms with E-state index in [4.69, 9.17) is 4.42 Å². The number of halogens is 1. The lowest BCUT2D eigenvalue weighted by molar-refractivity contribution is 0.0958. The third-order valence-corrected chi connectivity index (χ3v) is 5.70. The molecule has 1 aromatic carbocycles. The Kier molecular flexibility index (Phi) is 5.37. The Morgan fingerprint density at radius 1 is 1.21 bits per heavy atom. The van der Waals surface area contributed by atoms with E-state index in [0.29, 0.717) is 12.3 Å². The van der Waals surface area contributed by atoms with Gasteiger partial charge >= 0.3 is 0 Å². The average molecular weight is 446 g/mol. The van der Waals surface area contributed by atoms with Crippen LogP contribution in [0.3, 0.4) is 0 Å². The molecular weight excluding hydrogens is 423 g/mol. The molecule has 1 aliphatic carbocycles. The Hall–Kier alpha value is -4.01. The average Bonchev–Trinajstić information content (AvgIpc) is 3.39. The number of allylic oxidation sites excluding steroid dienone is 1. The summed E-state index contributed by atoms with van der Waals surface area (Å²) in [5, 5.41) is 11.6. The van der Waals surface area contributed by atoms with Gasteiger partial charge in [0, 0.05) is 29.9 Å². The van der Waals surface area contributed by atoms with Gasteiger partial charge in [0.15, 0.2) is 5.69 Å². The number of pyridine rings is 1. The minimum absolute atomic E-state index is 0.214. The summed E-state index contributed by atoms with van der Waals surface area (Å²) < 4.78 is 20.7. The first-order valence-electron chi connectivity index (χ1n) is 10.8. The van der Waals surface area contributed by atoms with Crippen LogP contribution in [0.4, 0.5) is 4.39 Å². The molecule has 3 heterocycles. The first kappa shape index (κ1) is 20.9. The van der Waals surface area contributed by atoms with Crippen LogP contribution in [-0.4, -0.2) is 32.7 Å². The highest BCUT2D eigenvalue weighted by atomic mass is 19.1. The van der Waals surface area contributed by atoms with Crippen LogP contribution in [-0.2, 0) is 0 Å². The quantitative estimate of drug-likeness (QED) is 0.443. The fourth-order valence-electron chi connectivity index (χ4n) is 3.80. The van der Waals surface area contributed by atoms with E-state index in [-0.39, 0.29) is 23.5 Å². The predicted octanol–water partition coefficient (Wildman–Crippen LogP) is 4.15. The molecule has 4 aromatic rings. The van der Waals surface area contributed by atoms with Crippen molar-refractivity contribution in [3.05, 3.63) is 77.7 Å². The number of rotatable bonds is 7. The summed E-state index contributed by atoms with van der Waals surface area (Å²) >= 11 is 0. The van der Waals surface area contributed by atoms with Crippen molar-refractivity contribution >= 4 is 22.5 Å². The van der Waals surface area contributed by atoms with Gasteiger partial charge in [0.05, 0.1) is 23.6 Å². The van der Waals surface area contributed by atoms with E-state index >= 15 is 0 Å². The molecule has 1 saturated carbocycles. The summed E-state index contributed by atoms with van der Waals surface area (Å²) in [6.07, 6.45) is 9.46. The van der Waals surface area contributed by atoms with E-state index in [9.17, 15) is 9.18 Å². The van der Waals surface area contributed by atoms with Gasteiger partial charge in [0.2, 0.25) is 5.89 Å². The molecule has 2 N–H and O–H groups in total. The Balaban J connectivity index is 1.51.